The maximum Gasteiger partial charge on any atom is 0.180 e. The Balaban J connectivity index is 2.90. The minimum atomic E-state index is -3.41. The van der Waals surface area contributed by atoms with Crippen LogP contribution in [0.2, 0.25) is 5.02 Å². The summed E-state index contributed by atoms with van der Waals surface area (Å²) in [6.07, 6.45) is 0.779. The third-order valence-corrected chi connectivity index (χ3v) is 5.83. The zero-order valence-electron chi connectivity index (χ0n) is 11.4. The van der Waals surface area contributed by atoms with Gasteiger partial charge in [0.2, 0.25) is 0 Å². The lowest BCUT2D eigenvalue weighted by Gasteiger charge is -2.15. The molecule has 1 aromatic rings. The second-order valence-electron chi connectivity index (χ2n) is 4.86. The van der Waals surface area contributed by atoms with Gasteiger partial charge in [-0.1, -0.05) is 31.9 Å². The fraction of sp³-hybridized carbons (Fsp3) is 0.500. The number of rotatable bonds is 6. The normalized spacial score (nSPS) is 14.9. The van der Waals surface area contributed by atoms with E-state index >= 15 is 0 Å². The average molecular weight is 303 g/mol. The van der Waals surface area contributed by atoms with E-state index < -0.39 is 15.1 Å². The SMILES string of the molecule is CCC(C)CS(=O)(=O)C(C)C(=O)c1ccc(Cl)cc1. The van der Waals surface area contributed by atoms with Crippen LogP contribution < -0.4 is 0 Å². The molecular weight excluding hydrogens is 284 g/mol. The van der Waals surface area contributed by atoms with Crippen molar-refractivity contribution in [3.05, 3.63) is 34.9 Å². The van der Waals surface area contributed by atoms with Gasteiger partial charge in [-0.25, -0.2) is 8.42 Å². The highest BCUT2D eigenvalue weighted by molar-refractivity contribution is 7.92. The van der Waals surface area contributed by atoms with Gasteiger partial charge in [0.25, 0.3) is 0 Å². The van der Waals surface area contributed by atoms with E-state index in [-0.39, 0.29) is 17.5 Å². The summed E-state index contributed by atoms with van der Waals surface area (Å²) < 4.78 is 24.3. The van der Waals surface area contributed by atoms with Gasteiger partial charge in [0.05, 0.1) is 5.75 Å². The summed E-state index contributed by atoms with van der Waals surface area (Å²) in [4.78, 5) is 12.2. The largest absolute Gasteiger partial charge is 0.293 e. The molecule has 1 aromatic carbocycles. The predicted molar refractivity (Wildman–Crippen MR) is 78.5 cm³/mol. The van der Waals surface area contributed by atoms with Crippen molar-refractivity contribution in [3.63, 3.8) is 0 Å². The summed E-state index contributed by atoms with van der Waals surface area (Å²) in [5.41, 5.74) is 0.379. The number of hydrogen-bond acceptors (Lipinski definition) is 3. The highest BCUT2D eigenvalue weighted by Crippen LogP contribution is 2.17. The van der Waals surface area contributed by atoms with Crippen molar-refractivity contribution in [1.82, 2.24) is 0 Å². The number of hydrogen-bond donors (Lipinski definition) is 0. The molecule has 3 nitrogen and oxygen atoms in total. The first kappa shape index (κ1) is 16.2. The molecule has 0 saturated heterocycles. The van der Waals surface area contributed by atoms with Crippen LogP contribution in [-0.4, -0.2) is 25.2 Å². The molecule has 0 aliphatic carbocycles. The van der Waals surface area contributed by atoms with Gasteiger partial charge in [-0.2, -0.15) is 0 Å². The van der Waals surface area contributed by atoms with Crippen LogP contribution in [-0.2, 0) is 9.84 Å². The summed E-state index contributed by atoms with van der Waals surface area (Å²) in [6.45, 7) is 5.26. The van der Waals surface area contributed by atoms with E-state index in [1.165, 1.54) is 6.92 Å². The van der Waals surface area contributed by atoms with Gasteiger partial charge < -0.3 is 0 Å². The van der Waals surface area contributed by atoms with Crippen LogP contribution in [0.1, 0.15) is 37.6 Å². The molecular formula is C14H19ClO3S. The minimum Gasteiger partial charge on any atom is -0.293 e. The highest BCUT2D eigenvalue weighted by Gasteiger charge is 2.29. The summed E-state index contributed by atoms with van der Waals surface area (Å²) in [5, 5.41) is -0.491. The van der Waals surface area contributed by atoms with E-state index in [0.29, 0.717) is 10.6 Å². The van der Waals surface area contributed by atoms with E-state index in [1.54, 1.807) is 24.3 Å². The monoisotopic (exact) mass is 302 g/mol. The number of sulfone groups is 1. The molecule has 0 aliphatic rings. The second kappa shape index (κ2) is 6.53. The molecule has 0 N–H and O–H groups in total. The van der Waals surface area contributed by atoms with E-state index in [4.69, 9.17) is 11.6 Å². The van der Waals surface area contributed by atoms with Crippen LogP contribution in [0.5, 0.6) is 0 Å². The minimum absolute atomic E-state index is 0.0456. The van der Waals surface area contributed by atoms with Gasteiger partial charge >= 0.3 is 0 Å². The fourth-order valence-corrected chi connectivity index (χ4v) is 3.58. The van der Waals surface area contributed by atoms with Crippen LogP contribution in [0.3, 0.4) is 0 Å². The van der Waals surface area contributed by atoms with Crippen molar-refractivity contribution in [2.45, 2.75) is 32.4 Å². The maximum absolute atomic E-state index is 12.2. The Bertz CT molecular complexity index is 534. The Hall–Kier alpha value is -0.870. The summed E-state index contributed by atoms with van der Waals surface area (Å²) >= 11 is 5.74. The average Bonchev–Trinajstić information content (AvgIpc) is 2.37. The summed E-state index contributed by atoms with van der Waals surface area (Å²) in [5.74, 6) is -0.269. The number of halogens is 1. The molecule has 1 rings (SSSR count). The first-order valence-corrected chi connectivity index (χ1v) is 8.38. The molecule has 0 radical (unpaired) electrons. The molecule has 2 atom stereocenters. The first-order valence-electron chi connectivity index (χ1n) is 6.29. The van der Waals surface area contributed by atoms with E-state index in [9.17, 15) is 13.2 Å². The Labute approximate surface area is 119 Å². The molecule has 0 bridgehead atoms. The van der Waals surface area contributed by atoms with Crippen LogP contribution >= 0.6 is 11.6 Å². The Morgan fingerprint density at radius 1 is 1.21 bits per heavy atom. The van der Waals surface area contributed by atoms with Crippen LogP contribution in [0.4, 0.5) is 0 Å². The smallest absolute Gasteiger partial charge is 0.180 e. The molecule has 0 aromatic heterocycles. The van der Waals surface area contributed by atoms with E-state index in [1.807, 2.05) is 13.8 Å². The van der Waals surface area contributed by atoms with Crippen LogP contribution in [0, 0.1) is 5.92 Å². The molecule has 2 unspecified atom stereocenters. The third-order valence-electron chi connectivity index (χ3n) is 3.25. The lowest BCUT2D eigenvalue weighted by Crippen LogP contribution is -2.31. The van der Waals surface area contributed by atoms with Gasteiger partial charge in [0.15, 0.2) is 15.6 Å². The molecule has 0 fully saturated rings. The Morgan fingerprint density at radius 2 is 1.74 bits per heavy atom. The van der Waals surface area contributed by atoms with Crippen molar-refractivity contribution in [2.24, 2.45) is 5.92 Å². The third kappa shape index (κ3) is 4.32. The van der Waals surface area contributed by atoms with Crippen molar-refractivity contribution in [3.8, 4) is 0 Å². The van der Waals surface area contributed by atoms with Crippen molar-refractivity contribution < 1.29 is 13.2 Å². The molecule has 106 valence electrons. The predicted octanol–water partition coefficient (Wildman–Crippen LogP) is 3.37. The molecule has 0 heterocycles. The lowest BCUT2D eigenvalue weighted by molar-refractivity contribution is 0.0991. The number of ketones is 1. The van der Waals surface area contributed by atoms with Crippen LogP contribution in [0.15, 0.2) is 24.3 Å². The van der Waals surface area contributed by atoms with Crippen LogP contribution in [0.25, 0.3) is 0 Å². The molecule has 0 spiro atoms. The van der Waals surface area contributed by atoms with E-state index in [0.717, 1.165) is 6.42 Å². The molecule has 0 saturated carbocycles. The number of carbonyl (C=O) groups is 1. The molecule has 0 amide bonds. The van der Waals surface area contributed by atoms with Gasteiger partial charge in [0, 0.05) is 10.6 Å². The number of Topliss-reactive ketones (excluding diaryl/α,β-unsaturated/α-hetero) is 1. The second-order valence-corrected chi connectivity index (χ2v) is 7.66. The number of carbonyl (C=O) groups excluding carboxylic acids is 1. The zero-order chi connectivity index (χ0) is 14.6. The van der Waals surface area contributed by atoms with Gasteiger partial charge in [-0.05, 0) is 37.1 Å². The summed E-state index contributed by atoms with van der Waals surface area (Å²) in [7, 11) is -3.41. The maximum atomic E-state index is 12.2. The first-order chi connectivity index (χ1) is 8.77. The highest BCUT2D eigenvalue weighted by atomic mass is 35.5. The van der Waals surface area contributed by atoms with Crippen molar-refractivity contribution in [1.29, 1.82) is 0 Å². The zero-order valence-corrected chi connectivity index (χ0v) is 13.0. The van der Waals surface area contributed by atoms with Crippen molar-refractivity contribution >= 4 is 27.2 Å². The Kier molecular flexibility index (Phi) is 5.56. The summed E-state index contributed by atoms with van der Waals surface area (Å²) in [6, 6.07) is 6.28. The fourth-order valence-electron chi connectivity index (χ4n) is 1.67. The molecule has 0 aliphatic heterocycles. The van der Waals surface area contributed by atoms with Gasteiger partial charge in [0.1, 0.15) is 5.25 Å². The lowest BCUT2D eigenvalue weighted by atomic mass is 10.1. The van der Waals surface area contributed by atoms with Gasteiger partial charge in [-0.15, -0.1) is 0 Å². The van der Waals surface area contributed by atoms with E-state index in [2.05, 4.69) is 0 Å². The van der Waals surface area contributed by atoms with Gasteiger partial charge in [-0.3, -0.25) is 4.79 Å². The van der Waals surface area contributed by atoms with Crippen molar-refractivity contribution in [2.75, 3.05) is 5.75 Å². The molecule has 5 heteroatoms. The Morgan fingerprint density at radius 3 is 2.21 bits per heavy atom. The standard InChI is InChI=1S/C14H19ClO3S/c1-4-10(2)9-19(17,18)11(3)14(16)12-5-7-13(15)8-6-12/h5-8,10-11H,4,9H2,1-3H3. The number of benzene rings is 1. The quantitative estimate of drug-likeness (QED) is 0.757. The topological polar surface area (TPSA) is 51.2 Å². The molecule has 19 heavy (non-hydrogen) atoms.